The number of imide groups is 1. The number of rotatable bonds is 4. The van der Waals surface area contributed by atoms with Crippen LogP contribution in [0, 0.1) is 0 Å². The summed E-state index contributed by atoms with van der Waals surface area (Å²) in [5.41, 5.74) is 2.65. The van der Waals surface area contributed by atoms with Crippen molar-refractivity contribution in [1.82, 2.24) is 0 Å². The fourth-order valence-corrected chi connectivity index (χ4v) is 3.13. The van der Waals surface area contributed by atoms with Crippen molar-refractivity contribution in [2.75, 3.05) is 10.2 Å². The molecule has 3 aromatic carbocycles. The van der Waals surface area contributed by atoms with Crippen molar-refractivity contribution in [3.8, 4) is 0 Å². The number of carbonyl (C=O) groups is 3. The lowest BCUT2D eigenvalue weighted by molar-refractivity contribution is -0.115. The Kier molecular flexibility index (Phi) is 4.26. The fraction of sp³-hybridized carbons (Fsp3) is 0.0455. The maximum atomic E-state index is 12.6. The number of nitrogens with one attached hydrogen (secondary N) is 1. The number of carbonyl (C=O) groups excluding carboxylic acids is 3. The predicted molar refractivity (Wildman–Crippen MR) is 103 cm³/mol. The lowest BCUT2D eigenvalue weighted by Crippen LogP contribution is -2.29. The van der Waals surface area contributed by atoms with Gasteiger partial charge in [0, 0.05) is 5.69 Å². The normalized spacial score (nSPS) is 12.8. The minimum absolute atomic E-state index is 0.166. The highest BCUT2D eigenvalue weighted by Gasteiger charge is 2.36. The minimum Gasteiger partial charge on any atom is -0.326 e. The first-order valence-corrected chi connectivity index (χ1v) is 8.55. The van der Waals surface area contributed by atoms with Crippen molar-refractivity contribution >= 4 is 29.1 Å². The highest BCUT2D eigenvalue weighted by atomic mass is 16.2. The van der Waals surface area contributed by atoms with Gasteiger partial charge in [-0.25, -0.2) is 4.90 Å². The van der Waals surface area contributed by atoms with Gasteiger partial charge in [-0.2, -0.15) is 0 Å². The summed E-state index contributed by atoms with van der Waals surface area (Å²) < 4.78 is 0. The van der Waals surface area contributed by atoms with Gasteiger partial charge in [-0.3, -0.25) is 14.4 Å². The molecule has 1 aliphatic heterocycles. The largest absolute Gasteiger partial charge is 0.326 e. The molecule has 1 heterocycles. The van der Waals surface area contributed by atoms with Crippen LogP contribution < -0.4 is 10.2 Å². The van der Waals surface area contributed by atoms with E-state index < -0.39 is 0 Å². The van der Waals surface area contributed by atoms with Gasteiger partial charge in [0.1, 0.15) is 0 Å². The Hall–Kier alpha value is -3.73. The van der Waals surface area contributed by atoms with E-state index in [0.29, 0.717) is 22.5 Å². The Bertz CT molecular complexity index is 1010. The molecule has 5 nitrogen and oxygen atoms in total. The molecule has 0 spiro atoms. The summed E-state index contributed by atoms with van der Waals surface area (Å²) in [5.74, 6) is -0.882. The van der Waals surface area contributed by atoms with Gasteiger partial charge in [0.2, 0.25) is 5.91 Å². The van der Waals surface area contributed by atoms with Gasteiger partial charge < -0.3 is 5.32 Å². The van der Waals surface area contributed by atoms with E-state index in [9.17, 15) is 14.4 Å². The van der Waals surface area contributed by atoms with E-state index in [0.717, 1.165) is 10.5 Å². The summed E-state index contributed by atoms with van der Waals surface area (Å²) in [6.45, 7) is 0. The van der Waals surface area contributed by atoms with E-state index in [-0.39, 0.29) is 24.1 Å². The molecule has 132 valence electrons. The van der Waals surface area contributed by atoms with Gasteiger partial charge in [-0.1, -0.05) is 48.5 Å². The molecule has 0 saturated carbocycles. The zero-order valence-electron chi connectivity index (χ0n) is 14.4. The topological polar surface area (TPSA) is 66.5 Å². The van der Waals surface area contributed by atoms with Crippen LogP contribution in [0.5, 0.6) is 0 Å². The molecule has 0 unspecified atom stereocenters. The molecule has 4 rings (SSSR count). The van der Waals surface area contributed by atoms with Crippen molar-refractivity contribution in [3.63, 3.8) is 0 Å². The number of anilines is 2. The van der Waals surface area contributed by atoms with Crippen LogP contribution in [0.3, 0.4) is 0 Å². The number of benzene rings is 3. The maximum absolute atomic E-state index is 12.6. The fourth-order valence-electron chi connectivity index (χ4n) is 3.13. The zero-order valence-corrected chi connectivity index (χ0v) is 14.4. The van der Waals surface area contributed by atoms with Crippen LogP contribution in [0.15, 0.2) is 78.9 Å². The highest BCUT2D eigenvalue weighted by molar-refractivity contribution is 6.34. The first kappa shape index (κ1) is 16.7. The van der Waals surface area contributed by atoms with Crippen LogP contribution in [0.1, 0.15) is 26.3 Å². The average Bonchev–Trinajstić information content (AvgIpc) is 2.94. The molecule has 0 aliphatic carbocycles. The SMILES string of the molecule is O=C(Cc1ccccc1)Nc1cccc(N2C(=O)c3ccccc3C2=O)c1. The summed E-state index contributed by atoms with van der Waals surface area (Å²) in [4.78, 5) is 38.6. The number of hydrogen-bond donors (Lipinski definition) is 1. The standard InChI is InChI=1S/C22H16N2O3/c25-20(13-15-7-2-1-3-8-15)23-16-9-6-10-17(14-16)24-21(26)18-11-4-5-12-19(18)22(24)27/h1-12,14H,13H2,(H,23,25). The molecule has 27 heavy (non-hydrogen) atoms. The van der Waals surface area contributed by atoms with Crippen LogP contribution in [0.2, 0.25) is 0 Å². The van der Waals surface area contributed by atoms with Gasteiger partial charge in [0.05, 0.1) is 23.2 Å². The Morgan fingerprint density at radius 3 is 2.07 bits per heavy atom. The van der Waals surface area contributed by atoms with Gasteiger partial charge in [0.25, 0.3) is 11.8 Å². The summed E-state index contributed by atoms with van der Waals surface area (Å²) in [6.07, 6.45) is 0.248. The smallest absolute Gasteiger partial charge is 0.266 e. The molecule has 0 saturated heterocycles. The second-order valence-electron chi connectivity index (χ2n) is 6.25. The summed E-state index contributed by atoms with van der Waals surface area (Å²) in [6, 6.07) is 22.9. The third-order valence-corrected chi connectivity index (χ3v) is 4.39. The van der Waals surface area contributed by atoms with Gasteiger partial charge in [0.15, 0.2) is 0 Å². The molecule has 0 radical (unpaired) electrons. The van der Waals surface area contributed by atoms with Crippen LogP contribution in [0.25, 0.3) is 0 Å². The Morgan fingerprint density at radius 1 is 0.778 bits per heavy atom. The molecule has 0 atom stereocenters. The molecule has 0 aromatic heterocycles. The molecular formula is C22H16N2O3. The van der Waals surface area contributed by atoms with Crippen molar-refractivity contribution in [2.24, 2.45) is 0 Å². The van der Waals surface area contributed by atoms with Crippen molar-refractivity contribution in [3.05, 3.63) is 95.6 Å². The molecule has 3 aromatic rings. The first-order chi connectivity index (χ1) is 13.1. The van der Waals surface area contributed by atoms with E-state index in [2.05, 4.69) is 5.32 Å². The van der Waals surface area contributed by atoms with Gasteiger partial charge >= 0.3 is 0 Å². The first-order valence-electron chi connectivity index (χ1n) is 8.55. The van der Waals surface area contributed by atoms with Crippen LogP contribution in [-0.2, 0) is 11.2 Å². The summed E-state index contributed by atoms with van der Waals surface area (Å²) in [7, 11) is 0. The van der Waals surface area contributed by atoms with Crippen LogP contribution in [0.4, 0.5) is 11.4 Å². The Morgan fingerprint density at radius 2 is 1.41 bits per heavy atom. The molecule has 1 N–H and O–H groups in total. The van der Waals surface area contributed by atoms with Crippen LogP contribution in [-0.4, -0.2) is 17.7 Å². The number of hydrogen-bond acceptors (Lipinski definition) is 3. The average molecular weight is 356 g/mol. The maximum Gasteiger partial charge on any atom is 0.266 e. The quantitative estimate of drug-likeness (QED) is 0.726. The van der Waals surface area contributed by atoms with Crippen molar-refractivity contribution < 1.29 is 14.4 Å². The van der Waals surface area contributed by atoms with Crippen molar-refractivity contribution in [2.45, 2.75) is 6.42 Å². The number of amides is 3. The van der Waals surface area contributed by atoms with Gasteiger partial charge in [-0.05, 0) is 35.9 Å². The molecule has 0 fully saturated rings. The van der Waals surface area contributed by atoms with E-state index in [4.69, 9.17) is 0 Å². The lowest BCUT2D eigenvalue weighted by Gasteiger charge is -2.15. The second-order valence-corrected chi connectivity index (χ2v) is 6.25. The van der Waals surface area contributed by atoms with Gasteiger partial charge in [-0.15, -0.1) is 0 Å². The number of fused-ring (bicyclic) bond motifs is 1. The van der Waals surface area contributed by atoms with E-state index in [1.165, 1.54) is 0 Å². The molecular weight excluding hydrogens is 340 g/mol. The summed E-state index contributed by atoms with van der Waals surface area (Å²) in [5, 5.41) is 2.82. The molecule has 1 aliphatic rings. The third kappa shape index (κ3) is 3.22. The Labute approximate surface area is 156 Å². The lowest BCUT2D eigenvalue weighted by atomic mass is 10.1. The third-order valence-electron chi connectivity index (χ3n) is 4.39. The minimum atomic E-state index is -0.358. The van der Waals surface area contributed by atoms with E-state index in [1.807, 2.05) is 30.3 Å². The predicted octanol–water partition coefficient (Wildman–Crippen LogP) is 3.67. The van der Waals surface area contributed by atoms with Crippen LogP contribution >= 0.6 is 0 Å². The molecule has 5 heteroatoms. The van der Waals surface area contributed by atoms with E-state index in [1.54, 1.807) is 48.5 Å². The Balaban J connectivity index is 1.54. The monoisotopic (exact) mass is 356 g/mol. The van der Waals surface area contributed by atoms with E-state index >= 15 is 0 Å². The highest BCUT2D eigenvalue weighted by Crippen LogP contribution is 2.29. The molecule has 0 bridgehead atoms. The second kappa shape index (κ2) is 6.88. The molecule has 3 amide bonds. The summed E-state index contributed by atoms with van der Waals surface area (Å²) >= 11 is 0. The number of nitrogens with zero attached hydrogens (tertiary/aromatic N) is 1. The zero-order chi connectivity index (χ0) is 18.8. The van der Waals surface area contributed by atoms with Crippen molar-refractivity contribution in [1.29, 1.82) is 0 Å².